The molecule has 2 aromatic rings. The molecule has 0 heterocycles. The normalized spacial score (nSPS) is 11.1. The minimum absolute atomic E-state index is 0.0434. The molecule has 0 atom stereocenters. The van der Waals surface area contributed by atoms with Crippen molar-refractivity contribution in [3.63, 3.8) is 0 Å². The lowest BCUT2D eigenvalue weighted by Crippen LogP contribution is -2.39. The second-order valence-electron chi connectivity index (χ2n) is 6.55. The van der Waals surface area contributed by atoms with E-state index < -0.39 is 17.8 Å². The van der Waals surface area contributed by atoms with Gasteiger partial charge in [0.2, 0.25) is 5.91 Å². The Kier molecular flexibility index (Phi) is 6.66. The number of carbonyl (C=O) groups excluding carboxylic acids is 2. The monoisotopic (exact) mass is 393 g/mol. The maximum atomic E-state index is 12.5. The molecule has 2 aromatic carbocycles. The second-order valence-corrected chi connectivity index (χ2v) is 6.55. The van der Waals surface area contributed by atoms with Gasteiger partial charge in [0, 0.05) is 12.2 Å². The predicted octanol–water partition coefficient (Wildman–Crippen LogP) is 4.07. The number of halogens is 3. The molecule has 0 spiro atoms. The zero-order valence-corrected chi connectivity index (χ0v) is 15.8. The predicted molar refractivity (Wildman–Crippen MR) is 101 cm³/mol. The molecule has 0 radical (unpaired) electrons. The van der Waals surface area contributed by atoms with E-state index in [0.717, 1.165) is 28.8 Å². The molecule has 0 unspecified atom stereocenters. The number of anilines is 1. The number of alkyl halides is 3. The van der Waals surface area contributed by atoms with E-state index >= 15 is 0 Å². The SMILES string of the molecule is Cc1cc(C)c(NC(=O)CNC(=O)NCc2ccc(C(F)(F)F)cc2)c(C)c1. The highest BCUT2D eigenvalue weighted by molar-refractivity contribution is 5.95. The second kappa shape index (κ2) is 8.77. The van der Waals surface area contributed by atoms with Crippen molar-refractivity contribution in [3.05, 3.63) is 64.2 Å². The molecular weight excluding hydrogens is 371 g/mol. The van der Waals surface area contributed by atoms with Crippen LogP contribution in [0, 0.1) is 20.8 Å². The van der Waals surface area contributed by atoms with E-state index in [4.69, 9.17) is 0 Å². The van der Waals surface area contributed by atoms with Crippen LogP contribution in [-0.2, 0) is 17.5 Å². The van der Waals surface area contributed by atoms with Crippen LogP contribution in [0.25, 0.3) is 0 Å². The molecule has 5 nitrogen and oxygen atoms in total. The summed E-state index contributed by atoms with van der Waals surface area (Å²) < 4.78 is 37.6. The highest BCUT2D eigenvalue weighted by Crippen LogP contribution is 2.29. The molecular formula is C20H22F3N3O2. The minimum Gasteiger partial charge on any atom is -0.334 e. The van der Waals surface area contributed by atoms with E-state index in [1.807, 2.05) is 32.9 Å². The van der Waals surface area contributed by atoms with Gasteiger partial charge in [-0.2, -0.15) is 13.2 Å². The summed E-state index contributed by atoms with van der Waals surface area (Å²) in [6.07, 6.45) is -4.40. The van der Waals surface area contributed by atoms with Gasteiger partial charge < -0.3 is 16.0 Å². The summed E-state index contributed by atoms with van der Waals surface area (Å²) in [5.41, 5.74) is 3.42. The van der Waals surface area contributed by atoms with Gasteiger partial charge in [-0.1, -0.05) is 29.8 Å². The first-order valence-corrected chi connectivity index (χ1v) is 8.62. The number of carbonyl (C=O) groups is 2. The van der Waals surface area contributed by atoms with Crippen molar-refractivity contribution < 1.29 is 22.8 Å². The summed E-state index contributed by atoms with van der Waals surface area (Å²) in [5, 5.41) is 7.68. The Morgan fingerprint density at radius 2 is 1.50 bits per heavy atom. The maximum absolute atomic E-state index is 12.5. The lowest BCUT2D eigenvalue weighted by molar-refractivity contribution is -0.137. The summed E-state index contributed by atoms with van der Waals surface area (Å²) in [5.74, 6) is -0.375. The number of amides is 3. The fraction of sp³-hybridized carbons (Fsp3) is 0.300. The molecule has 0 aliphatic rings. The highest BCUT2D eigenvalue weighted by Gasteiger charge is 2.29. The Morgan fingerprint density at radius 1 is 0.929 bits per heavy atom. The smallest absolute Gasteiger partial charge is 0.334 e. The van der Waals surface area contributed by atoms with Gasteiger partial charge in [0.15, 0.2) is 0 Å². The van der Waals surface area contributed by atoms with Crippen LogP contribution in [0.2, 0.25) is 0 Å². The molecule has 3 N–H and O–H groups in total. The summed E-state index contributed by atoms with van der Waals surface area (Å²) in [4.78, 5) is 23.8. The molecule has 0 saturated carbocycles. The average Bonchev–Trinajstić information content (AvgIpc) is 2.60. The van der Waals surface area contributed by atoms with Gasteiger partial charge in [-0.05, 0) is 49.6 Å². The number of nitrogens with one attached hydrogen (secondary N) is 3. The first kappa shape index (κ1) is 21.3. The largest absolute Gasteiger partial charge is 0.416 e. The molecule has 150 valence electrons. The van der Waals surface area contributed by atoms with Crippen LogP contribution in [0.3, 0.4) is 0 Å². The fourth-order valence-electron chi connectivity index (χ4n) is 2.78. The van der Waals surface area contributed by atoms with Crippen LogP contribution in [0.1, 0.15) is 27.8 Å². The molecule has 0 aliphatic heterocycles. The van der Waals surface area contributed by atoms with Crippen molar-refractivity contribution in [2.45, 2.75) is 33.5 Å². The third-order valence-electron chi connectivity index (χ3n) is 4.09. The van der Waals surface area contributed by atoms with E-state index in [1.165, 1.54) is 12.1 Å². The van der Waals surface area contributed by atoms with Crippen molar-refractivity contribution in [3.8, 4) is 0 Å². The molecule has 3 amide bonds. The van der Waals surface area contributed by atoms with E-state index in [0.29, 0.717) is 11.3 Å². The van der Waals surface area contributed by atoms with Gasteiger partial charge in [-0.25, -0.2) is 4.79 Å². The van der Waals surface area contributed by atoms with E-state index in [-0.39, 0.29) is 19.0 Å². The van der Waals surface area contributed by atoms with Crippen LogP contribution in [0.5, 0.6) is 0 Å². The number of aryl methyl sites for hydroxylation is 3. The first-order valence-electron chi connectivity index (χ1n) is 8.62. The number of hydrogen-bond donors (Lipinski definition) is 3. The number of urea groups is 1. The van der Waals surface area contributed by atoms with Crippen LogP contribution in [-0.4, -0.2) is 18.5 Å². The van der Waals surface area contributed by atoms with E-state index in [2.05, 4.69) is 16.0 Å². The van der Waals surface area contributed by atoms with Crippen LogP contribution in [0.15, 0.2) is 36.4 Å². The van der Waals surface area contributed by atoms with Gasteiger partial charge in [0.25, 0.3) is 0 Å². The van der Waals surface area contributed by atoms with Crippen LogP contribution in [0.4, 0.5) is 23.7 Å². The van der Waals surface area contributed by atoms with Crippen molar-refractivity contribution >= 4 is 17.6 Å². The third kappa shape index (κ3) is 6.00. The topological polar surface area (TPSA) is 70.2 Å². The van der Waals surface area contributed by atoms with Crippen LogP contribution < -0.4 is 16.0 Å². The lowest BCUT2D eigenvalue weighted by Gasteiger charge is -2.13. The zero-order chi connectivity index (χ0) is 20.9. The van der Waals surface area contributed by atoms with Gasteiger partial charge in [0.05, 0.1) is 12.1 Å². The summed E-state index contributed by atoms with van der Waals surface area (Å²) in [6.45, 7) is 5.56. The van der Waals surface area contributed by atoms with Gasteiger partial charge in [0.1, 0.15) is 0 Å². The van der Waals surface area contributed by atoms with E-state index in [9.17, 15) is 22.8 Å². The van der Waals surface area contributed by atoms with Crippen LogP contribution >= 0.6 is 0 Å². The Hall–Kier alpha value is -3.03. The molecule has 0 aromatic heterocycles. The van der Waals surface area contributed by atoms with Gasteiger partial charge >= 0.3 is 12.2 Å². The minimum atomic E-state index is -4.40. The Labute approximate surface area is 161 Å². The summed E-state index contributed by atoms with van der Waals surface area (Å²) in [6, 6.07) is 7.80. The molecule has 0 bridgehead atoms. The molecule has 28 heavy (non-hydrogen) atoms. The Bertz CT molecular complexity index is 839. The lowest BCUT2D eigenvalue weighted by atomic mass is 10.1. The highest BCUT2D eigenvalue weighted by atomic mass is 19.4. The standard InChI is InChI=1S/C20H22F3N3O2/c1-12-8-13(2)18(14(3)9-12)26-17(27)11-25-19(28)24-10-15-4-6-16(7-5-15)20(21,22)23/h4-9H,10-11H2,1-3H3,(H,26,27)(H2,24,25,28). The Balaban J connectivity index is 1.80. The molecule has 0 aliphatic carbocycles. The zero-order valence-electron chi connectivity index (χ0n) is 15.8. The van der Waals surface area contributed by atoms with Crippen molar-refractivity contribution in [2.75, 3.05) is 11.9 Å². The number of hydrogen-bond acceptors (Lipinski definition) is 2. The van der Waals surface area contributed by atoms with Gasteiger partial charge in [-0.15, -0.1) is 0 Å². The van der Waals surface area contributed by atoms with Crippen molar-refractivity contribution in [1.29, 1.82) is 0 Å². The molecule has 8 heteroatoms. The number of rotatable bonds is 5. The maximum Gasteiger partial charge on any atom is 0.416 e. The molecule has 2 rings (SSSR count). The molecule has 0 fully saturated rings. The molecule has 0 saturated heterocycles. The summed E-state index contributed by atoms with van der Waals surface area (Å²) in [7, 11) is 0. The fourth-order valence-corrected chi connectivity index (χ4v) is 2.78. The third-order valence-corrected chi connectivity index (χ3v) is 4.09. The average molecular weight is 393 g/mol. The quantitative estimate of drug-likeness (QED) is 0.717. The van der Waals surface area contributed by atoms with Gasteiger partial charge in [-0.3, -0.25) is 4.79 Å². The first-order chi connectivity index (χ1) is 13.1. The summed E-state index contributed by atoms with van der Waals surface area (Å²) >= 11 is 0. The number of benzene rings is 2. The van der Waals surface area contributed by atoms with Crippen molar-refractivity contribution in [2.24, 2.45) is 0 Å². The Morgan fingerprint density at radius 3 is 2.04 bits per heavy atom. The van der Waals surface area contributed by atoms with E-state index in [1.54, 1.807) is 0 Å². The van der Waals surface area contributed by atoms with Crippen molar-refractivity contribution in [1.82, 2.24) is 10.6 Å².